The van der Waals surface area contributed by atoms with Gasteiger partial charge in [0.2, 0.25) is 0 Å². The van der Waals surface area contributed by atoms with Crippen molar-refractivity contribution in [3.8, 4) is 0 Å². The number of hydrogen-bond acceptors (Lipinski definition) is 4. The van der Waals surface area contributed by atoms with Crippen LogP contribution in [-0.4, -0.2) is 37.8 Å². The normalized spacial score (nSPS) is 11.8. The monoisotopic (exact) mass is 262 g/mol. The summed E-state index contributed by atoms with van der Waals surface area (Å²) in [5.74, 6) is -0.286. The van der Waals surface area contributed by atoms with E-state index in [2.05, 4.69) is 15.4 Å². The van der Waals surface area contributed by atoms with Gasteiger partial charge in [0, 0.05) is 11.4 Å². The van der Waals surface area contributed by atoms with Gasteiger partial charge in [0.15, 0.2) is 5.65 Å². The maximum absolute atomic E-state index is 12.2. The Hall–Kier alpha value is -1.95. The maximum Gasteiger partial charge on any atom is 0.257 e. The van der Waals surface area contributed by atoms with E-state index in [0.29, 0.717) is 11.2 Å². The minimum absolute atomic E-state index is 0.135. The molecule has 0 saturated carbocycles. The third-order valence-electron chi connectivity index (χ3n) is 2.87. The first kappa shape index (κ1) is 13.5. The molecule has 0 radical (unpaired) electrons. The molecular weight excluding hydrogens is 244 g/mol. The fraction of sp³-hybridized carbons (Fsp3) is 0.462. The number of nitrogens with zero attached hydrogens (tertiary/aromatic N) is 3. The first-order chi connectivity index (χ1) is 8.84. The van der Waals surface area contributed by atoms with Gasteiger partial charge in [0.05, 0.1) is 18.3 Å². The molecule has 19 heavy (non-hydrogen) atoms. The second kappa shape index (κ2) is 4.62. The van der Waals surface area contributed by atoms with E-state index in [-0.39, 0.29) is 12.5 Å². The van der Waals surface area contributed by atoms with Crippen molar-refractivity contribution < 1.29 is 9.90 Å². The van der Waals surface area contributed by atoms with Crippen LogP contribution in [0.4, 0.5) is 0 Å². The lowest BCUT2D eigenvalue weighted by Crippen LogP contribution is -2.46. The van der Waals surface area contributed by atoms with Crippen LogP contribution in [0.3, 0.4) is 0 Å². The van der Waals surface area contributed by atoms with Crippen molar-refractivity contribution in [2.24, 2.45) is 0 Å². The van der Waals surface area contributed by atoms with Gasteiger partial charge in [-0.15, -0.1) is 0 Å². The number of aromatic nitrogens is 3. The minimum atomic E-state index is -0.676. The number of carbonyl (C=O) groups excluding carboxylic acids is 1. The summed E-state index contributed by atoms with van der Waals surface area (Å²) < 4.78 is 1.63. The van der Waals surface area contributed by atoms with Gasteiger partial charge in [-0.1, -0.05) is 0 Å². The molecule has 0 saturated heterocycles. The first-order valence-corrected chi connectivity index (χ1v) is 6.09. The Morgan fingerprint density at radius 1 is 1.47 bits per heavy atom. The second-order valence-electron chi connectivity index (χ2n) is 5.33. The number of amides is 1. The van der Waals surface area contributed by atoms with Crippen LogP contribution >= 0.6 is 0 Å². The fourth-order valence-electron chi connectivity index (χ4n) is 1.84. The van der Waals surface area contributed by atoms with Crippen LogP contribution in [0.15, 0.2) is 12.3 Å². The zero-order chi connectivity index (χ0) is 14.2. The highest BCUT2D eigenvalue weighted by atomic mass is 16.3. The summed E-state index contributed by atoms with van der Waals surface area (Å²) in [6, 6.07) is 1.90. The van der Waals surface area contributed by atoms with Crippen LogP contribution in [0.25, 0.3) is 5.65 Å². The van der Waals surface area contributed by atoms with Gasteiger partial charge in [-0.25, -0.2) is 9.50 Å². The lowest BCUT2D eigenvalue weighted by atomic mass is 10.1. The quantitative estimate of drug-likeness (QED) is 0.859. The molecule has 0 spiro atoms. The molecule has 2 heterocycles. The molecular formula is C13H18N4O2. The van der Waals surface area contributed by atoms with E-state index in [4.69, 9.17) is 0 Å². The summed E-state index contributed by atoms with van der Waals surface area (Å²) >= 11 is 0. The topological polar surface area (TPSA) is 79.5 Å². The number of aryl methyl sites for hydroxylation is 2. The molecule has 0 aliphatic rings. The Labute approximate surface area is 111 Å². The molecule has 0 unspecified atom stereocenters. The van der Waals surface area contributed by atoms with Crippen molar-refractivity contribution in [1.29, 1.82) is 0 Å². The highest BCUT2D eigenvalue weighted by molar-refractivity contribution is 6.00. The van der Waals surface area contributed by atoms with E-state index < -0.39 is 5.54 Å². The third kappa shape index (κ3) is 2.58. The van der Waals surface area contributed by atoms with Crippen molar-refractivity contribution in [2.75, 3.05) is 6.61 Å². The maximum atomic E-state index is 12.2. The number of rotatable bonds is 3. The fourth-order valence-corrected chi connectivity index (χ4v) is 1.84. The number of carbonyl (C=O) groups is 1. The first-order valence-electron chi connectivity index (χ1n) is 6.09. The van der Waals surface area contributed by atoms with Crippen LogP contribution in [0.5, 0.6) is 0 Å². The highest BCUT2D eigenvalue weighted by Gasteiger charge is 2.23. The molecule has 2 aromatic rings. The molecule has 2 aromatic heterocycles. The summed E-state index contributed by atoms with van der Waals surface area (Å²) in [6.45, 7) is 7.15. The van der Waals surface area contributed by atoms with Crippen LogP contribution in [0.1, 0.15) is 35.6 Å². The average molecular weight is 262 g/mol. The highest BCUT2D eigenvalue weighted by Crippen LogP contribution is 2.13. The summed E-state index contributed by atoms with van der Waals surface area (Å²) in [4.78, 5) is 16.6. The van der Waals surface area contributed by atoms with Crippen molar-refractivity contribution in [3.05, 3.63) is 29.2 Å². The zero-order valence-corrected chi connectivity index (χ0v) is 11.6. The van der Waals surface area contributed by atoms with Crippen LogP contribution in [-0.2, 0) is 0 Å². The number of nitrogens with one attached hydrogen (secondary N) is 1. The largest absolute Gasteiger partial charge is 0.394 e. The van der Waals surface area contributed by atoms with Gasteiger partial charge in [-0.3, -0.25) is 4.79 Å². The standard InChI is InChI=1S/C13H18N4O2/c1-8-5-9(2)17-11(15-8)10(6-14-17)12(19)16-13(3,4)7-18/h5-6,18H,7H2,1-4H3,(H,16,19). The lowest BCUT2D eigenvalue weighted by Gasteiger charge is -2.22. The number of fused-ring (bicyclic) bond motifs is 1. The molecule has 0 bridgehead atoms. The van der Waals surface area contributed by atoms with Crippen molar-refractivity contribution in [1.82, 2.24) is 19.9 Å². The van der Waals surface area contributed by atoms with Crippen LogP contribution in [0.2, 0.25) is 0 Å². The van der Waals surface area contributed by atoms with Crippen LogP contribution < -0.4 is 5.32 Å². The van der Waals surface area contributed by atoms with Gasteiger partial charge < -0.3 is 10.4 Å². The number of hydrogen-bond donors (Lipinski definition) is 2. The van der Waals surface area contributed by atoms with E-state index >= 15 is 0 Å². The molecule has 0 atom stereocenters. The predicted octanol–water partition coefficient (Wildman–Crippen LogP) is 0.847. The smallest absolute Gasteiger partial charge is 0.257 e. The van der Waals surface area contributed by atoms with Gasteiger partial charge in [-0.05, 0) is 33.8 Å². The molecule has 6 heteroatoms. The zero-order valence-electron chi connectivity index (χ0n) is 11.6. The number of aliphatic hydroxyl groups excluding tert-OH is 1. The van der Waals surface area contributed by atoms with Gasteiger partial charge in [0.1, 0.15) is 5.56 Å². The molecule has 0 aliphatic heterocycles. The van der Waals surface area contributed by atoms with Crippen molar-refractivity contribution in [2.45, 2.75) is 33.2 Å². The molecule has 102 valence electrons. The van der Waals surface area contributed by atoms with Crippen LogP contribution in [0, 0.1) is 13.8 Å². The van der Waals surface area contributed by atoms with E-state index in [9.17, 15) is 9.90 Å². The Kier molecular flexibility index (Phi) is 3.28. The van der Waals surface area contributed by atoms with Crippen molar-refractivity contribution >= 4 is 11.6 Å². The van der Waals surface area contributed by atoms with E-state index in [1.54, 1.807) is 18.4 Å². The van der Waals surface area contributed by atoms with E-state index in [1.165, 1.54) is 6.20 Å². The molecule has 0 fully saturated rings. The Morgan fingerprint density at radius 2 is 2.16 bits per heavy atom. The third-order valence-corrected chi connectivity index (χ3v) is 2.87. The van der Waals surface area contributed by atoms with E-state index in [0.717, 1.165) is 11.4 Å². The van der Waals surface area contributed by atoms with Crippen molar-refractivity contribution in [3.63, 3.8) is 0 Å². The summed E-state index contributed by atoms with van der Waals surface area (Å²) in [7, 11) is 0. The minimum Gasteiger partial charge on any atom is -0.394 e. The van der Waals surface area contributed by atoms with Gasteiger partial charge in [-0.2, -0.15) is 5.10 Å². The van der Waals surface area contributed by atoms with Gasteiger partial charge in [0.25, 0.3) is 5.91 Å². The SMILES string of the molecule is Cc1cc(C)n2ncc(C(=O)NC(C)(C)CO)c2n1. The molecule has 1 amide bonds. The van der Waals surface area contributed by atoms with E-state index in [1.807, 2.05) is 19.9 Å². The summed E-state index contributed by atoms with van der Waals surface area (Å²) in [5.41, 5.74) is 2.02. The second-order valence-corrected chi connectivity index (χ2v) is 5.33. The molecule has 0 aliphatic carbocycles. The summed E-state index contributed by atoms with van der Waals surface area (Å²) in [6.07, 6.45) is 1.50. The molecule has 2 rings (SSSR count). The molecule has 0 aromatic carbocycles. The molecule has 6 nitrogen and oxygen atoms in total. The van der Waals surface area contributed by atoms with Gasteiger partial charge >= 0.3 is 0 Å². The predicted molar refractivity (Wildman–Crippen MR) is 71.1 cm³/mol. The number of aliphatic hydroxyl groups is 1. The molecule has 2 N–H and O–H groups in total. The Bertz CT molecular complexity index is 631. The lowest BCUT2D eigenvalue weighted by molar-refractivity contribution is 0.0871. The summed E-state index contributed by atoms with van der Waals surface area (Å²) in [5, 5.41) is 16.1. The average Bonchev–Trinajstić information content (AvgIpc) is 2.72. The Balaban J connectivity index is 2.44. The Morgan fingerprint density at radius 3 is 2.79 bits per heavy atom.